The van der Waals surface area contributed by atoms with Crippen molar-refractivity contribution in [2.45, 2.75) is 25.6 Å². The normalized spacial score (nSPS) is 12.8. The molecule has 0 saturated carbocycles. The molecule has 2 rings (SSSR count). The molecule has 0 fully saturated rings. The molecule has 0 spiro atoms. The summed E-state index contributed by atoms with van der Waals surface area (Å²) in [6.07, 6.45) is -5.27. The van der Waals surface area contributed by atoms with Crippen LogP contribution < -0.4 is 10.1 Å². The summed E-state index contributed by atoms with van der Waals surface area (Å²) in [4.78, 5) is 12.2. The van der Waals surface area contributed by atoms with Crippen LogP contribution in [0, 0.1) is 0 Å². The minimum atomic E-state index is -4.60. The number of anilines is 1. The van der Waals surface area contributed by atoms with E-state index in [-0.39, 0.29) is 28.6 Å². The highest BCUT2D eigenvalue weighted by atomic mass is 79.9. The van der Waals surface area contributed by atoms with Crippen LogP contribution in [-0.4, -0.2) is 22.2 Å². The minimum Gasteiger partial charge on any atom is -0.479 e. The molecule has 1 atom stereocenters. The van der Waals surface area contributed by atoms with E-state index in [1.54, 1.807) is 25.1 Å². The molecule has 0 aliphatic heterocycles. The SMILES string of the molecule is CCC(Oc1ccc(Br)cc1Cl)C(=O)Nc1nnc(C(F)(F)F)s1. The number of carbonyl (C=O) groups excluding carboxylic acids is 1. The van der Waals surface area contributed by atoms with Crippen LogP contribution in [0.2, 0.25) is 5.02 Å². The van der Waals surface area contributed by atoms with Gasteiger partial charge in [0.2, 0.25) is 10.1 Å². The Balaban J connectivity index is 2.07. The summed E-state index contributed by atoms with van der Waals surface area (Å²) in [6.45, 7) is 1.69. The number of alkyl halides is 3. The third-order valence-corrected chi connectivity index (χ3v) is 4.40. The fourth-order valence-electron chi connectivity index (χ4n) is 1.62. The van der Waals surface area contributed by atoms with Gasteiger partial charge in [0.15, 0.2) is 6.10 Å². The summed E-state index contributed by atoms with van der Waals surface area (Å²) in [7, 11) is 0. The third kappa shape index (κ3) is 4.81. The second-order valence-corrected chi connectivity index (χ2v) is 6.79. The molecular formula is C13H10BrClF3N3O2S. The van der Waals surface area contributed by atoms with E-state index in [2.05, 4.69) is 31.4 Å². The fraction of sp³-hybridized carbons (Fsp3) is 0.308. The Morgan fingerprint density at radius 3 is 2.71 bits per heavy atom. The fourth-order valence-corrected chi connectivity index (χ4v) is 2.95. The van der Waals surface area contributed by atoms with Crippen LogP contribution in [-0.2, 0) is 11.0 Å². The van der Waals surface area contributed by atoms with Crippen molar-refractivity contribution in [3.05, 3.63) is 32.7 Å². The van der Waals surface area contributed by atoms with E-state index in [4.69, 9.17) is 16.3 Å². The number of nitrogens with zero attached hydrogens (tertiary/aromatic N) is 2. The molecule has 24 heavy (non-hydrogen) atoms. The molecule has 1 aromatic carbocycles. The summed E-state index contributed by atoms with van der Waals surface area (Å²) in [6, 6.07) is 4.86. The van der Waals surface area contributed by atoms with Crippen molar-refractivity contribution < 1.29 is 22.7 Å². The maximum absolute atomic E-state index is 12.5. The summed E-state index contributed by atoms with van der Waals surface area (Å²) < 4.78 is 43.7. The predicted octanol–water partition coefficient (Wildman–Crippen LogP) is 4.77. The largest absolute Gasteiger partial charge is 0.479 e. The monoisotopic (exact) mass is 443 g/mol. The minimum absolute atomic E-state index is 0.240. The zero-order valence-electron chi connectivity index (χ0n) is 12.0. The molecule has 0 aliphatic rings. The lowest BCUT2D eigenvalue weighted by atomic mass is 10.2. The average molecular weight is 445 g/mol. The molecule has 1 aromatic heterocycles. The number of amides is 1. The van der Waals surface area contributed by atoms with Gasteiger partial charge in [0.25, 0.3) is 5.91 Å². The Morgan fingerprint density at radius 2 is 2.17 bits per heavy atom. The van der Waals surface area contributed by atoms with E-state index in [1.165, 1.54) is 0 Å². The lowest BCUT2D eigenvalue weighted by Gasteiger charge is -2.17. The second kappa shape index (κ2) is 7.66. The van der Waals surface area contributed by atoms with Crippen molar-refractivity contribution in [1.29, 1.82) is 0 Å². The highest BCUT2D eigenvalue weighted by molar-refractivity contribution is 9.10. The van der Waals surface area contributed by atoms with Crippen molar-refractivity contribution in [2.24, 2.45) is 0 Å². The summed E-state index contributed by atoms with van der Waals surface area (Å²) in [5.74, 6) is -0.350. The number of halogens is 5. The first kappa shape index (κ1) is 18.9. The van der Waals surface area contributed by atoms with Gasteiger partial charge in [-0.15, -0.1) is 10.2 Å². The second-order valence-electron chi connectivity index (χ2n) is 4.49. The summed E-state index contributed by atoms with van der Waals surface area (Å²) in [5.41, 5.74) is 0. The highest BCUT2D eigenvalue weighted by Crippen LogP contribution is 2.33. The molecule has 1 N–H and O–H groups in total. The zero-order chi connectivity index (χ0) is 17.9. The van der Waals surface area contributed by atoms with Crippen LogP contribution in [0.5, 0.6) is 5.75 Å². The first-order valence-electron chi connectivity index (χ1n) is 6.54. The lowest BCUT2D eigenvalue weighted by molar-refractivity contribution is -0.138. The molecule has 11 heteroatoms. The predicted molar refractivity (Wildman–Crippen MR) is 87.4 cm³/mol. The third-order valence-electron chi connectivity index (χ3n) is 2.72. The van der Waals surface area contributed by atoms with E-state index in [0.29, 0.717) is 5.02 Å². The Labute approximate surface area is 152 Å². The molecule has 1 amide bonds. The van der Waals surface area contributed by atoms with Crippen LogP contribution in [0.1, 0.15) is 18.4 Å². The number of carbonyl (C=O) groups is 1. The Hall–Kier alpha value is -1.39. The summed E-state index contributed by atoms with van der Waals surface area (Å²) >= 11 is 9.50. The van der Waals surface area contributed by atoms with Crippen molar-refractivity contribution in [3.63, 3.8) is 0 Å². The van der Waals surface area contributed by atoms with Gasteiger partial charge in [0.05, 0.1) is 5.02 Å². The van der Waals surface area contributed by atoms with Gasteiger partial charge in [-0.2, -0.15) is 13.2 Å². The number of rotatable bonds is 5. The maximum atomic E-state index is 12.5. The van der Waals surface area contributed by atoms with Crippen LogP contribution in [0.15, 0.2) is 22.7 Å². The van der Waals surface area contributed by atoms with Crippen molar-refractivity contribution in [2.75, 3.05) is 5.32 Å². The molecule has 5 nitrogen and oxygen atoms in total. The first-order valence-corrected chi connectivity index (χ1v) is 8.52. The lowest BCUT2D eigenvalue weighted by Crippen LogP contribution is -2.32. The number of hydrogen-bond donors (Lipinski definition) is 1. The van der Waals surface area contributed by atoms with Crippen LogP contribution in [0.3, 0.4) is 0 Å². The Bertz CT molecular complexity index is 741. The molecular weight excluding hydrogens is 435 g/mol. The average Bonchev–Trinajstić information content (AvgIpc) is 2.95. The van der Waals surface area contributed by atoms with Gasteiger partial charge in [0, 0.05) is 4.47 Å². The maximum Gasteiger partial charge on any atom is 0.445 e. The molecule has 0 saturated heterocycles. The number of aromatic nitrogens is 2. The Morgan fingerprint density at radius 1 is 1.46 bits per heavy atom. The van der Waals surface area contributed by atoms with Crippen molar-refractivity contribution >= 4 is 49.9 Å². The first-order chi connectivity index (χ1) is 11.2. The molecule has 0 bridgehead atoms. The van der Waals surface area contributed by atoms with E-state index >= 15 is 0 Å². The van der Waals surface area contributed by atoms with E-state index < -0.39 is 23.2 Å². The van der Waals surface area contributed by atoms with Gasteiger partial charge >= 0.3 is 6.18 Å². The number of nitrogens with one attached hydrogen (secondary N) is 1. The van der Waals surface area contributed by atoms with E-state index in [0.717, 1.165) is 4.47 Å². The zero-order valence-corrected chi connectivity index (χ0v) is 15.2. The van der Waals surface area contributed by atoms with Gasteiger partial charge in [-0.1, -0.05) is 45.8 Å². The van der Waals surface area contributed by atoms with Gasteiger partial charge in [-0.25, -0.2) is 0 Å². The number of hydrogen-bond acceptors (Lipinski definition) is 5. The Kier molecular flexibility index (Phi) is 6.05. The van der Waals surface area contributed by atoms with Crippen LogP contribution >= 0.6 is 38.9 Å². The topological polar surface area (TPSA) is 64.1 Å². The van der Waals surface area contributed by atoms with E-state index in [9.17, 15) is 18.0 Å². The summed E-state index contributed by atoms with van der Waals surface area (Å²) in [5, 5.41) is 7.47. The molecule has 130 valence electrons. The standard InChI is InChI=1S/C13H10BrClF3N3O2S/c1-2-8(23-9-4-3-6(14)5-7(9)15)10(22)19-12-21-20-11(24-12)13(16,17)18/h3-5,8H,2H2,1H3,(H,19,21,22). The molecule has 0 aliphatic carbocycles. The van der Waals surface area contributed by atoms with Gasteiger partial charge in [0.1, 0.15) is 5.75 Å². The molecule has 1 heterocycles. The number of benzene rings is 1. The number of ether oxygens (including phenoxy) is 1. The van der Waals surface area contributed by atoms with Crippen molar-refractivity contribution in [1.82, 2.24) is 10.2 Å². The van der Waals surface area contributed by atoms with E-state index in [1.807, 2.05) is 0 Å². The van der Waals surface area contributed by atoms with Gasteiger partial charge in [-0.3, -0.25) is 10.1 Å². The van der Waals surface area contributed by atoms with Gasteiger partial charge < -0.3 is 4.74 Å². The van der Waals surface area contributed by atoms with Crippen LogP contribution in [0.25, 0.3) is 0 Å². The molecule has 0 radical (unpaired) electrons. The quantitative estimate of drug-likeness (QED) is 0.722. The smallest absolute Gasteiger partial charge is 0.445 e. The molecule has 2 aromatic rings. The molecule has 1 unspecified atom stereocenters. The highest BCUT2D eigenvalue weighted by Gasteiger charge is 2.36. The van der Waals surface area contributed by atoms with Crippen molar-refractivity contribution in [3.8, 4) is 5.75 Å². The van der Waals surface area contributed by atoms with Crippen LogP contribution in [0.4, 0.5) is 18.3 Å². The van der Waals surface area contributed by atoms with Gasteiger partial charge in [-0.05, 0) is 24.6 Å².